The average Bonchev–Trinajstić information content (AvgIpc) is 2.40. The predicted molar refractivity (Wildman–Crippen MR) is 64.6 cm³/mol. The molecule has 1 aliphatic rings. The Morgan fingerprint density at radius 3 is 2.82 bits per heavy atom. The molecule has 1 heterocycles. The second-order valence-electron chi connectivity index (χ2n) is 4.40. The van der Waals surface area contributed by atoms with Crippen LogP contribution in [0.15, 0.2) is 30.3 Å². The van der Waals surface area contributed by atoms with Crippen molar-refractivity contribution >= 4 is 5.91 Å². The second kappa shape index (κ2) is 5.77. The molecule has 2 atom stereocenters. The van der Waals surface area contributed by atoms with E-state index >= 15 is 0 Å². The van der Waals surface area contributed by atoms with Gasteiger partial charge in [0, 0.05) is 19.1 Å². The minimum Gasteiger partial charge on any atom is -0.350 e. The topological polar surface area (TPSA) is 41.1 Å². The number of nitrogens with one attached hydrogen (secondary N) is 2. The fourth-order valence-corrected chi connectivity index (χ4v) is 2.30. The van der Waals surface area contributed by atoms with E-state index in [1.54, 1.807) is 0 Å². The van der Waals surface area contributed by atoms with E-state index in [2.05, 4.69) is 22.8 Å². The van der Waals surface area contributed by atoms with Crippen LogP contribution in [0.1, 0.15) is 17.9 Å². The summed E-state index contributed by atoms with van der Waals surface area (Å²) in [4.78, 5) is 11.0. The van der Waals surface area contributed by atoms with Crippen molar-refractivity contribution in [3.8, 4) is 0 Å². The van der Waals surface area contributed by atoms with Crippen LogP contribution < -0.4 is 10.6 Å². The Morgan fingerprint density at radius 1 is 1.35 bits per heavy atom. The van der Waals surface area contributed by atoms with Crippen LogP contribution in [0.3, 0.4) is 0 Å². The first-order valence-electron chi connectivity index (χ1n) is 5.90. The van der Waals surface area contributed by atoms with Gasteiger partial charge in [-0.05, 0) is 17.9 Å². The molecule has 1 aromatic rings. The molecule has 0 radical (unpaired) electrons. The van der Waals surface area contributed by atoms with Crippen molar-refractivity contribution in [2.45, 2.75) is 18.4 Å². The number of carbonyl (C=O) groups is 1. The van der Waals surface area contributed by atoms with Crippen molar-refractivity contribution < 1.29 is 9.18 Å². The van der Waals surface area contributed by atoms with Crippen molar-refractivity contribution in [3.05, 3.63) is 35.9 Å². The van der Waals surface area contributed by atoms with Gasteiger partial charge in [-0.3, -0.25) is 4.79 Å². The average molecular weight is 236 g/mol. The molecule has 0 aliphatic carbocycles. The molecule has 1 aromatic carbocycles. The van der Waals surface area contributed by atoms with E-state index in [0.717, 1.165) is 19.5 Å². The summed E-state index contributed by atoms with van der Waals surface area (Å²) in [6.45, 7) is 0.688. The number of hydrogen-bond donors (Lipinski definition) is 2. The first kappa shape index (κ1) is 12.0. The molecular formula is C13H17FN2O. The van der Waals surface area contributed by atoms with Crippen LogP contribution in [0, 0.1) is 0 Å². The summed E-state index contributed by atoms with van der Waals surface area (Å²) in [5.74, 6) is -0.139. The molecule has 17 heavy (non-hydrogen) atoms. The highest BCUT2D eigenvalue weighted by Gasteiger charge is 2.23. The first-order valence-corrected chi connectivity index (χ1v) is 5.90. The molecule has 2 N–H and O–H groups in total. The maximum atomic E-state index is 12.1. The lowest BCUT2D eigenvalue weighted by molar-refractivity contribution is -0.122. The molecular weight excluding hydrogens is 219 g/mol. The largest absolute Gasteiger partial charge is 0.350 e. The fourth-order valence-electron chi connectivity index (χ4n) is 2.30. The third-order valence-electron chi connectivity index (χ3n) is 3.11. The lowest BCUT2D eigenvalue weighted by Crippen LogP contribution is -2.48. The van der Waals surface area contributed by atoms with E-state index in [9.17, 15) is 9.18 Å². The standard InChI is InChI=1S/C13H17FN2O/c14-7-13(17)16-12-6-11(8-15-9-12)10-4-2-1-3-5-10/h1-5,11-12,15H,6-9H2,(H,16,17). The number of carbonyl (C=O) groups excluding carboxylic acids is 1. The van der Waals surface area contributed by atoms with Crippen molar-refractivity contribution in [2.75, 3.05) is 19.8 Å². The molecule has 1 amide bonds. The van der Waals surface area contributed by atoms with Crippen LogP contribution in [0.4, 0.5) is 4.39 Å². The number of amides is 1. The van der Waals surface area contributed by atoms with E-state index < -0.39 is 12.6 Å². The molecule has 0 spiro atoms. The van der Waals surface area contributed by atoms with Gasteiger partial charge in [0.25, 0.3) is 5.91 Å². The summed E-state index contributed by atoms with van der Waals surface area (Å²) < 4.78 is 12.1. The summed E-state index contributed by atoms with van der Waals surface area (Å²) in [5, 5.41) is 5.97. The second-order valence-corrected chi connectivity index (χ2v) is 4.40. The molecule has 2 unspecified atom stereocenters. The van der Waals surface area contributed by atoms with Crippen LogP contribution in [0.2, 0.25) is 0 Å². The third-order valence-corrected chi connectivity index (χ3v) is 3.11. The lowest BCUT2D eigenvalue weighted by atomic mass is 9.89. The number of hydrogen-bond acceptors (Lipinski definition) is 2. The Morgan fingerprint density at radius 2 is 2.12 bits per heavy atom. The molecule has 4 heteroatoms. The van der Waals surface area contributed by atoms with Crippen molar-refractivity contribution in [1.82, 2.24) is 10.6 Å². The van der Waals surface area contributed by atoms with Gasteiger partial charge in [0.2, 0.25) is 0 Å². The van der Waals surface area contributed by atoms with Gasteiger partial charge in [0.1, 0.15) is 0 Å². The summed E-state index contributed by atoms with van der Waals surface area (Å²) in [5.41, 5.74) is 1.26. The molecule has 0 bridgehead atoms. The molecule has 0 saturated carbocycles. The van der Waals surface area contributed by atoms with Crippen molar-refractivity contribution in [1.29, 1.82) is 0 Å². The Hall–Kier alpha value is -1.42. The van der Waals surface area contributed by atoms with E-state index in [1.165, 1.54) is 5.56 Å². The van der Waals surface area contributed by atoms with E-state index in [1.807, 2.05) is 18.2 Å². The van der Waals surface area contributed by atoms with Gasteiger partial charge in [-0.1, -0.05) is 30.3 Å². The highest BCUT2D eigenvalue weighted by atomic mass is 19.1. The molecule has 0 aromatic heterocycles. The highest BCUT2D eigenvalue weighted by Crippen LogP contribution is 2.22. The Kier molecular flexibility index (Phi) is 4.09. The van der Waals surface area contributed by atoms with Gasteiger partial charge in [0.15, 0.2) is 6.67 Å². The molecule has 1 fully saturated rings. The molecule has 92 valence electrons. The van der Waals surface area contributed by atoms with Crippen LogP contribution in [-0.2, 0) is 4.79 Å². The summed E-state index contributed by atoms with van der Waals surface area (Å²) >= 11 is 0. The van der Waals surface area contributed by atoms with E-state index in [0.29, 0.717) is 5.92 Å². The first-order chi connectivity index (χ1) is 8.29. The van der Waals surface area contributed by atoms with Gasteiger partial charge < -0.3 is 10.6 Å². The van der Waals surface area contributed by atoms with E-state index in [-0.39, 0.29) is 6.04 Å². The fraction of sp³-hybridized carbons (Fsp3) is 0.462. The molecule has 1 aliphatic heterocycles. The third kappa shape index (κ3) is 3.27. The summed E-state index contributed by atoms with van der Waals surface area (Å²) in [6, 6.07) is 10.2. The zero-order chi connectivity index (χ0) is 12.1. The normalized spacial score (nSPS) is 24.3. The lowest BCUT2D eigenvalue weighted by Gasteiger charge is -2.30. The van der Waals surface area contributed by atoms with Crippen LogP contribution >= 0.6 is 0 Å². The zero-order valence-corrected chi connectivity index (χ0v) is 9.66. The monoisotopic (exact) mass is 236 g/mol. The Labute approximate surface area is 100 Å². The van der Waals surface area contributed by atoms with Gasteiger partial charge in [0.05, 0.1) is 0 Å². The Bertz CT molecular complexity index is 369. The number of rotatable bonds is 3. The minimum atomic E-state index is -0.938. The summed E-state index contributed by atoms with van der Waals surface area (Å²) in [6.07, 6.45) is 0.864. The number of alkyl halides is 1. The van der Waals surface area contributed by atoms with Gasteiger partial charge in [-0.2, -0.15) is 0 Å². The molecule has 3 nitrogen and oxygen atoms in total. The summed E-state index contributed by atoms with van der Waals surface area (Å²) in [7, 11) is 0. The van der Waals surface area contributed by atoms with Crippen molar-refractivity contribution in [3.63, 3.8) is 0 Å². The minimum absolute atomic E-state index is 0.0252. The van der Waals surface area contributed by atoms with Crippen LogP contribution in [0.5, 0.6) is 0 Å². The van der Waals surface area contributed by atoms with Crippen LogP contribution in [0.25, 0.3) is 0 Å². The van der Waals surface area contributed by atoms with Gasteiger partial charge >= 0.3 is 0 Å². The molecule has 1 saturated heterocycles. The van der Waals surface area contributed by atoms with Crippen molar-refractivity contribution in [2.24, 2.45) is 0 Å². The van der Waals surface area contributed by atoms with E-state index in [4.69, 9.17) is 0 Å². The molecule has 2 rings (SSSR count). The number of piperidine rings is 1. The Balaban J connectivity index is 1.95. The van der Waals surface area contributed by atoms with Crippen LogP contribution in [-0.4, -0.2) is 31.7 Å². The maximum Gasteiger partial charge on any atom is 0.251 e. The van der Waals surface area contributed by atoms with Gasteiger partial charge in [-0.25, -0.2) is 4.39 Å². The zero-order valence-electron chi connectivity index (χ0n) is 9.66. The smallest absolute Gasteiger partial charge is 0.251 e. The van der Waals surface area contributed by atoms with Gasteiger partial charge in [-0.15, -0.1) is 0 Å². The SMILES string of the molecule is O=C(CF)NC1CNCC(c2ccccc2)C1. The number of benzene rings is 1. The predicted octanol–water partition coefficient (Wildman–Crippen LogP) is 1.22. The number of halogens is 1. The quantitative estimate of drug-likeness (QED) is 0.828. The highest BCUT2D eigenvalue weighted by molar-refractivity contribution is 5.77. The maximum absolute atomic E-state index is 12.1.